The van der Waals surface area contributed by atoms with Gasteiger partial charge in [-0.3, -0.25) is 4.79 Å². The number of anilines is 1. The molecule has 0 bridgehead atoms. The van der Waals surface area contributed by atoms with Crippen LogP contribution in [0.25, 0.3) is 0 Å². The molecule has 86 valence electrons. The Morgan fingerprint density at radius 1 is 1.24 bits per heavy atom. The number of hydrazone groups is 1. The molecule has 2 aromatic rings. The maximum Gasteiger partial charge on any atom is 0.234 e. The van der Waals surface area contributed by atoms with Crippen LogP contribution in [0.3, 0.4) is 0 Å². The minimum Gasteiger partial charge on any atom is -0.463 e. The first-order valence-corrected chi connectivity index (χ1v) is 5.20. The van der Waals surface area contributed by atoms with Gasteiger partial charge in [-0.2, -0.15) is 5.10 Å². The van der Waals surface area contributed by atoms with Gasteiger partial charge in [-0.05, 0) is 31.2 Å². The minimum atomic E-state index is 0.644. The van der Waals surface area contributed by atoms with Crippen LogP contribution in [-0.2, 0) is 4.79 Å². The number of benzene rings is 1. The van der Waals surface area contributed by atoms with Crippen LogP contribution in [0.5, 0.6) is 0 Å². The summed E-state index contributed by atoms with van der Waals surface area (Å²) in [6.45, 7) is 1.79. The lowest BCUT2D eigenvalue weighted by Gasteiger charge is -2.11. The average molecular weight is 228 g/mol. The van der Waals surface area contributed by atoms with Gasteiger partial charge < -0.3 is 4.42 Å². The van der Waals surface area contributed by atoms with E-state index in [4.69, 9.17) is 4.42 Å². The Kier molecular flexibility index (Phi) is 3.35. The van der Waals surface area contributed by atoms with Crippen LogP contribution in [0.4, 0.5) is 5.69 Å². The molecule has 0 atom stereocenters. The third kappa shape index (κ3) is 2.60. The zero-order chi connectivity index (χ0) is 12.1. The van der Waals surface area contributed by atoms with Crippen LogP contribution in [0, 0.1) is 0 Å². The van der Waals surface area contributed by atoms with E-state index in [-0.39, 0.29) is 0 Å². The molecule has 4 nitrogen and oxygen atoms in total. The molecule has 0 saturated carbocycles. The van der Waals surface area contributed by atoms with Crippen LogP contribution in [0.1, 0.15) is 12.7 Å². The first-order valence-electron chi connectivity index (χ1n) is 5.20. The monoisotopic (exact) mass is 228 g/mol. The lowest BCUT2D eigenvalue weighted by molar-refractivity contribution is -0.107. The molecule has 0 aliphatic heterocycles. The van der Waals surface area contributed by atoms with Crippen molar-refractivity contribution in [3.63, 3.8) is 0 Å². The van der Waals surface area contributed by atoms with Gasteiger partial charge in [-0.1, -0.05) is 18.2 Å². The summed E-state index contributed by atoms with van der Waals surface area (Å²) >= 11 is 0. The number of hydrogen-bond donors (Lipinski definition) is 0. The number of rotatable bonds is 4. The fourth-order valence-electron chi connectivity index (χ4n) is 1.42. The fraction of sp³-hybridized carbons (Fsp3) is 0.0769. The number of amides is 1. The number of carbonyl (C=O) groups excluding carboxylic acids is 1. The molecule has 0 N–H and O–H groups in total. The van der Waals surface area contributed by atoms with Crippen LogP contribution < -0.4 is 5.01 Å². The molecule has 0 aliphatic rings. The van der Waals surface area contributed by atoms with Crippen LogP contribution >= 0.6 is 0 Å². The summed E-state index contributed by atoms with van der Waals surface area (Å²) in [5.74, 6) is 0.646. The lowest BCUT2D eigenvalue weighted by Crippen LogP contribution is -2.15. The Hall–Kier alpha value is -2.36. The highest BCUT2D eigenvalue weighted by Crippen LogP contribution is 2.13. The van der Waals surface area contributed by atoms with E-state index in [2.05, 4.69) is 5.10 Å². The maximum absolute atomic E-state index is 11.0. The Bertz CT molecular complexity index is 503. The molecular formula is C13H12N2O2. The van der Waals surface area contributed by atoms with Crippen LogP contribution in [0.2, 0.25) is 0 Å². The van der Waals surface area contributed by atoms with Crippen LogP contribution in [-0.4, -0.2) is 12.1 Å². The van der Waals surface area contributed by atoms with E-state index in [1.165, 1.54) is 5.01 Å². The van der Waals surface area contributed by atoms with Crippen molar-refractivity contribution in [2.24, 2.45) is 5.10 Å². The molecule has 0 aliphatic carbocycles. The van der Waals surface area contributed by atoms with E-state index in [0.717, 1.165) is 0 Å². The van der Waals surface area contributed by atoms with Crippen molar-refractivity contribution in [3.8, 4) is 0 Å². The normalized spacial score (nSPS) is 11.2. The SMILES string of the molecule is CC(=NN(C=O)c1ccccc1)c1ccco1. The van der Waals surface area contributed by atoms with Crippen molar-refractivity contribution >= 4 is 17.8 Å². The highest BCUT2D eigenvalue weighted by molar-refractivity contribution is 5.98. The van der Waals surface area contributed by atoms with Crippen molar-refractivity contribution in [2.45, 2.75) is 6.92 Å². The van der Waals surface area contributed by atoms with Crippen LogP contribution in [0.15, 0.2) is 58.2 Å². The number of carbonyl (C=O) groups is 1. The highest BCUT2D eigenvalue weighted by Gasteiger charge is 2.05. The molecule has 2 rings (SSSR count). The summed E-state index contributed by atoms with van der Waals surface area (Å²) in [4.78, 5) is 11.0. The zero-order valence-corrected chi connectivity index (χ0v) is 9.41. The molecule has 1 aromatic carbocycles. The molecule has 0 fully saturated rings. The Labute approximate surface area is 99.2 Å². The van der Waals surface area contributed by atoms with Crippen molar-refractivity contribution in [2.75, 3.05) is 5.01 Å². The van der Waals surface area contributed by atoms with Gasteiger partial charge in [0.05, 0.1) is 12.0 Å². The predicted molar refractivity (Wildman–Crippen MR) is 65.9 cm³/mol. The maximum atomic E-state index is 11.0. The highest BCUT2D eigenvalue weighted by atomic mass is 16.3. The van der Waals surface area contributed by atoms with Crippen molar-refractivity contribution in [1.82, 2.24) is 0 Å². The van der Waals surface area contributed by atoms with Gasteiger partial charge in [-0.15, -0.1) is 0 Å². The van der Waals surface area contributed by atoms with Gasteiger partial charge in [0.25, 0.3) is 0 Å². The molecule has 4 heteroatoms. The van der Waals surface area contributed by atoms with Gasteiger partial charge in [0.2, 0.25) is 6.41 Å². The smallest absolute Gasteiger partial charge is 0.234 e. The average Bonchev–Trinajstić information content (AvgIpc) is 2.90. The van der Waals surface area contributed by atoms with Crippen molar-refractivity contribution < 1.29 is 9.21 Å². The molecule has 0 radical (unpaired) electrons. The van der Waals surface area contributed by atoms with E-state index in [1.54, 1.807) is 25.3 Å². The van der Waals surface area contributed by atoms with E-state index >= 15 is 0 Å². The number of furan rings is 1. The largest absolute Gasteiger partial charge is 0.463 e. The third-order valence-corrected chi connectivity index (χ3v) is 2.26. The second-order valence-corrected chi connectivity index (χ2v) is 3.45. The van der Waals surface area contributed by atoms with E-state index < -0.39 is 0 Å². The second-order valence-electron chi connectivity index (χ2n) is 3.45. The van der Waals surface area contributed by atoms with E-state index in [9.17, 15) is 4.79 Å². The summed E-state index contributed by atoms with van der Waals surface area (Å²) in [5.41, 5.74) is 1.36. The summed E-state index contributed by atoms with van der Waals surface area (Å²) in [6, 6.07) is 12.8. The van der Waals surface area contributed by atoms with E-state index in [1.807, 2.05) is 30.3 Å². The standard InChI is InChI=1S/C13H12N2O2/c1-11(13-8-5-9-17-13)14-15(10-16)12-6-3-2-4-7-12/h2-10H,1H3. The quantitative estimate of drug-likeness (QED) is 0.459. The first-order chi connectivity index (χ1) is 8.31. The molecule has 1 heterocycles. The van der Waals surface area contributed by atoms with Crippen molar-refractivity contribution in [3.05, 3.63) is 54.5 Å². The van der Waals surface area contributed by atoms with Gasteiger partial charge in [-0.25, -0.2) is 5.01 Å². The molecule has 1 amide bonds. The predicted octanol–water partition coefficient (Wildman–Crippen LogP) is 2.67. The molecule has 0 unspecified atom stereocenters. The van der Waals surface area contributed by atoms with Gasteiger partial charge in [0.1, 0.15) is 11.5 Å². The number of nitrogens with zero attached hydrogens (tertiary/aromatic N) is 2. The van der Waals surface area contributed by atoms with Gasteiger partial charge in [0, 0.05) is 0 Å². The Balaban J connectivity index is 2.27. The number of para-hydroxylation sites is 1. The second kappa shape index (κ2) is 5.12. The Morgan fingerprint density at radius 2 is 2.00 bits per heavy atom. The lowest BCUT2D eigenvalue weighted by atomic mass is 10.3. The number of hydrogen-bond acceptors (Lipinski definition) is 3. The molecule has 17 heavy (non-hydrogen) atoms. The van der Waals surface area contributed by atoms with Gasteiger partial charge >= 0.3 is 0 Å². The summed E-state index contributed by atoms with van der Waals surface area (Å²) in [6.07, 6.45) is 2.24. The Morgan fingerprint density at radius 3 is 2.59 bits per heavy atom. The van der Waals surface area contributed by atoms with Crippen molar-refractivity contribution in [1.29, 1.82) is 0 Å². The zero-order valence-electron chi connectivity index (χ0n) is 9.41. The summed E-state index contributed by atoms with van der Waals surface area (Å²) < 4.78 is 5.20. The minimum absolute atomic E-state index is 0.644. The first kappa shape index (κ1) is 11.1. The topological polar surface area (TPSA) is 45.8 Å². The fourth-order valence-corrected chi connectivity index (χ4v) is 1.42. The van der Waals surface area contributed by atoms with Gasteiger partial charge in [0.15, 0.2) is 0 Å². The summed E-state index contributed by atoms with van der Waals surface area (Å²) in [5, 5.41) is 5.47. The molecule has 0 saturated heterocycles. The molecule has 0 spiro atoms. The summed E-state index contributed by atoms with van der Waals surface area (Å²) in [7, 11) is 0. The molecular weight excluding hydrogens is 216 g/mol. The molecule has 1 aromatic heterocycles. The van der Waals surface area contributed by atoms with E-state index in [0.29, 0.717) is 23.6 Å². The third-order valence-electron chi connectivity index (χ3n) is 2.26.